The van der Waals surface area contributed by atoms with Crippen LogP contribution >= 0.6 is 0 Å². The molecule has 1 aromatic rings. The van der Waals surface area contributed by atoms with Gasteiger partial charge in [-0.25, -0.2) is 4.98 Å². The molecule has 1 aliphatic rings. The highest BCUT2D eigenvalue weighted by Crippen LogP contribution is 2.24. The maximum atomic E-state index is 11.2. The summed E-state index contributed by atoms with van der Waals surface area (Å²) >= 11 is 0. The number of carbonyl (C=O) groups excluding carboxylic acids is 1. The van der Waals surface area contributed by atoms with Crippen LogP contribution in [0.3, 0.4) is 0 Å². The number of anilines is 2. The molecule has 1 saturated heterocycles. The first kappa shape index (κ1) is 12.6. The molecule has 18 heavy (non-hydrogen) atoms. The fraction of sp³-hybridized carbons (Fsp3) is 0.500. The van der Waals surface area contributed by atoms with Gasteiger partial charge in [-0.3, -0.25) is 4.79 Å². The van der Waals surface area contributed by atoms with Crippen LogP contribution in [0.2, 0.25) is 0 Å². The van der Waals surface area contributed by atoms with E-state index in [2.05, 4.69) is 4.98 Å². The number of nitrogen functional groups attached to an aromatic ring is 1. The normalized spacial score (nSPS) is 24.0. The molecule has 0 aromatic carbocycles. The molecule has 0 radical (unpaired) electrons. The number of hydrogen-bond acceptors (Lipinski definition) is 5. The fourth-order valence-electron chi connectivity index (χ4n) is 2.18. The van der Waals surface area contributed by atoms with Crippen LogP contribution in [0.4, 0.5) is 11.5 Å². The number of rotatable bonds is 2. The standard InChI is InChI=1S/C12H18N4O2/c1-7-6-16(3-2-10(7)17)11-4-8(12(14)18)9(13)5-15-11/h4-5,7,10,17H,2-3,6,13H2,1H3,(H2,14,18). The number of primary amides is 1. The molecule has 6 nitrogen and oxygen atoms in total. The Morgan fingerprint density at radius 3 is 2.94 bits per heavy atom. The van der Waals surface area contributed by atoms with E-state index in [1.54, 1.807) is 6.07 Å². The molecule has 2 unspecified atom stereocenters. The summed E-state index contributed by atoms with van der Waals surface area (Å²) in [5.41, 5.74) is 11.5. The van der Waals surface area contributed by atoms with E-state index in [0.717, 1.165) is 0 Å². The van der Waals surface area contributed by atoms with E-state index in [9.17, 15) is 9.90 Å². The predicted molar refractivity (Wildman–Crippen MR) is 69.2 cm³/mol. The Hall–Kier alpha value is -1.82. The van der Waals surface area contributed by atoms with E-state index in [4.69, 9.17) is 11.5 Å². The van der Waals surface area contributed by atoms with Crippen molar-refractivity contribution in [3.05, 3.63) is 17.8 Å². The fourth-order valence-corrected chi connectivity index (χ4v) is 2.18. The number of pyridine rings is 1. The summed E-state index contributed by atoms with van der Waals surface area (Å²) in [4.78, 5) is 17.5. The van der Waals surface area contributed by atoms with Gasteiger partial charge in [0.1, 0.15) is 5.82 Å². The molecule has 6 heteroatoms. The van der Waals surface area contributed by atoms with Gasteiger partial charge < -0.3 is 21.5 Å². The zero-order chi connectivity index (χ0) is 13.3. The van der Waals surface area contributed by atoms with Gasteiger partial charge in [0.2, 0.25) is 0 Å². The summed E-state index contributed by atoms with van der Waals surface area (Å²) in [5, 5.41) is 9.69. The van der Waals surface area contributed by atoms with Gasteiger partial charge in [0.05, 0.1) is 23.6 Å². The van der Waals surface area contributed by atoms with E-state index in [1.807, 2.05) is 11.8 Å². The molecule has 1 amide bonds. The van der Waals surface area contributed by atoms with Crippen molar-refractivity contribution in [1.82, 2.24) is 4.98 Å². The number of aliphatic hydroxyl groups is 1. The molecule has 2 rings (SSSR count). The van der Waals surface area contributed by atoms with Crippen LogP contribution in [0.15, 0.2) is 12.3 Å². The van der Waals surface area contributed by atoms with Crippen molar-refractivity contribution in [1.29, 1.82) is 0 Å². The number of nitrogens with two attached hydrogens (primary N) is 2. The molecule has 0 saturated carbocycles. The van der Waals surface area contributed by atoms with Gasteiger partial charge in [0.25, 0.3) is 5.91 Å². The zero-order valence-electron chi connectivity index (χ0n) is 10.3. The van der Waals surface area contributed by atoms with Gasteiger partial charge in [0, 0.05) is 13.1 Å². The van der Waals surface area contributed by atoms with E-state index in [-0.39, 0.29) is 17.7 Å². The Balaban J connectivity index is 2.24. The van der Waals surface area contributed by atoms with Crippen molar-refractivity contribution in [3.8, 4) is 0 Å². The molecule has 0 spiro atoms. The van der Waals surface area contributed by atoms with Crippen LogP contribution in [0.5, 0.6) is 0 Å². The Kier molecular flexibility index (Phi) is 3.38. The minimum Gasteiger partial charge on any atom is -0.397 e. The smallest absolute Gasteiger partial charge is 0.250 e. The summed E-state index contributed by atoms with van der Waals surface area (Å²) in [7, 11) is 0. The van der Waals surface area contributed by atoms with Gasteiger partial charge in [-0.05, 0) is 18.4 Å². The molecule has 2 heterocycles. The minimum absolute atomic E-state index is 0.176. The number of amides is 1. The van der Waals surface area contributed by atoms with Crippen molar-refractivity contribution >= 4 is 17.4 Å². The number of piperidine rings is 1. The molecule has 0 bridgehead atoms. The van der Waals surface area contributed by atoms with Crippen LogP contribution in [-0.2, 0) is 0 Å². The first-order valence-corrected chi connectivity index (χ1v) is 5.97. The quantitative estimate of drug-likeness (QED) is 0.683. The maximum Gasteiger partial charge on any atom is 0.250 e. The minimum atomic E-state index is -0.554. The lowest BCUT2D eigenvalue weighted by Gasteiger charge is -2.35. The maximum absolute atomic E-state index is 11.2. The van der Waals surface area contributed by atoms with Crippen molar-refractivity contribution in [2.24, 2.45) is 11.7 Å². The van der Waals surface area contributed by atoms with Gasteiger partial charge in [-0.1, -0.05) is 6.92 Å². The van der Waals surface area contributed by atoms with E-state index in [1.165, 1.54) is 6.20 Å². The average molecular weight is 250 g/mol. The lowest BCUT2D eigenvalue weighted by atomic mass is 9.97. The van der Waals surface area contributed by atoms with Gasteiger partial charge in [0.15, 0.2) is 0 Å². The zero-order valence-corrected chi connectivity index (χ0v) is 10.3. The second-order valence-electron chi connectivity index (χ2n) is 4.77. The second kappa shape index (κ2) is 4.81. The van der Waals surface area contributed by atoms with E-state index in [0.29, 0.717) is 30.9 Å². The monoisotopic (exact) mass is 250 g/mol. The Morgan fingerprint density at radius 2 is 2.33 bits per heavy atom. The van der Waals surface area contributed by atoms with Crippen molar-refractivity contribution in [3.63, 3.8) is 0 Å². The molecular weight excluding hydrogens is 232 g/mol. The number of aromatic nitrogens is 1. The number of aliphatic hydroxyl groups excluding tert-OH is 1. The van der Waals surface area contributed by atoms with E-state index >= 15 is 0 Å². The topological polar surface area (TPSA) is 105 Å². The molecule has 1 aliphatic heterocycles. The summed E-state index contributed by atoms with van der Waals surface area (Å²) in [5.74, 6) is 0.299. The molecule has 0 aliphatic carbocycles. The third kappa shape index (κ3) is 2.38. The first-order chi connectivity index (χ1) is 8.49. The SMILES string of the molecule is CC1CN(c2cc(C(N)=O)c(N)cn2)CCC1O. The molecule has 1 fully saturated rings. The lowest BCUT2D eigenvalue weighted by Crippen LogP contribution is -2.42. The lowest BCUT2D eigenvalue weighted by molar-refractivity contribution is 0.0966. The summed E-state index contributed by atoms with van der Waals surface area (Å²) in [6.07, 6.45) is 1.87. The number of carbonyl (C=O) groups is 1. The third-order valence-corrected chi connectivity index (χ3v) is 3.37. The van der Waals surface area contributed by atoms with Gasteiger partial charge >= 0.3 is 0 Å². The Labute approximate surface area is 106 Å². The van der Waals surface area contributed by atoms with Crippen molar-refractivity contribution in [2.45, 2.75) is 19.4 Å². The number of nitrogens with zero attached hydrogens (tertiary/aromatic N) is 2. The van der Waals surface area contributed by atoms with E-state index < -0.39 is 5.91 Å². The highest BCUT2D eigenvalue weighted by atomic mass is 16.3. The van der Waals surface area contributed by atoms with Gasteiger partial charge in [-0.15, -0.1) is 0 Å². The van der Waals surface area contributed by atoms with Crippen LogP contribution < -0.4 is 16.4 Å². The summed E-state index contributed by atoms with van der Waals surface area (Å²) in [6, 6.07) is 1.61. The van der Waals surface area contributed by atoms with Crippen molar-refractivity contribution in [2.75, 3.05) is 23.7 Å². The third-order valence-electron chi connectivity index (χ3n) is 3.37. The number of hydrogen-bond donors (Lipinski definition) is 3. The summed E-state index contributed by atoms with van der Waals surface area (Å²) < 4.78 is 0. The average Bonchev–Trinajstić information content (AvgIpc) is 2.33. The first-order valence-electron chi connectivity index (χ1n) is 5.97. The van der Waals surface area contributed by atoms with Gasteiger partial charge in [-0.2, -0.15) is 0 Å². The highest BCUT2D eigenvalue weighted by Gasteiger charge is 2.25. The Bertz CT molecular complexity index is 463. The largest absolute Gasteiger partial charge is 0.397 e. The molecule has 1 aromatic heterocycles. The van der Waals surface area contributed by atoms with Crippen molar-refractivity contribution < 1.29 is 9.90 Å². The molecule has 5 N–H and O–H groups in total. The Morgan fingerprint density at radius 1 is 1.61 bits per heavy atom. The molecule has 98 valence electrons. The second-order valence-corrected chi connectivity index (χ2v) is 4.77. The molecule has 2 atom stereocenters. The summed E-state index contributed by atoms with van der Waals surface area (Å²) in [6.45, 7) is 3.40. The van der Waals surface area contributed by atoms with Crippen LogP contribution in [0.1, 0.15) is 23.7 Å². The highest BCUT2D eigenvalue weighted by molar-refractivity contribution is 5.98. The molecular formula is C12H18N4O2. The van der Waals surface area contributed by atoms with Crippen LogP contribution in [-0.4, -0.2) is 35.2 Å². The van der Waals surface area contributed by atoms with Crippen LogP contribution in [0.25, 0.3) is 0 Å². The van der Waals surface area contributed by atoms with Crippen LogP contribution in [0, 0.1) is 5.92 Å². The predicted octanol–water partition coefficient (Wildman–Crippen LogP) is -0.0302.